The molecule has 0 atom stereocenters. The number of aromatic amines is 1. The number of aryl methyl sites for hydroxylation is 2. The normalized spacial score (nSPS) is 11.7. The third kappa shape index (κ3) is 5.22. The van der Waals surface area contributed by atoms with E-state index in [1.54, 1.807) is 6.92 Å². The lowest BCUT2D eigenvalue weighted by Gasteiger charge is -2.04. The maximum Gasteiger partial charge on any atom is 0.302 e. The van der Waals surface area contributed by atoms with Gasteiger partial charge in [-0.05, 0) is 43.7 Å². The Kier molecular flexibility index (Phi) is 6.78. The SMILES string of the molecule is CCCc1[nH]n(C(=O)c2ccc[n+]([O-])c2)c(=O)c1N=Nc1ccc(S(=O)(=O)Nc2cc(C)on2)cc1. The van der Waals surface area contributed by atoms with Crippen molar-refractivity contribution in [3.8, 4) is 0 Å². The summed E-state index contributed by atoms with van der Waals surface area (Å²) >= 11 is 0. The van der Waals surface area contributed by atoms with Crippen molar-refractivity contribution in [2.45, 2.75) is 31.6 Å². The molecule has 13 nitrogen and oxygen atoms in total. The Balaban J connectivity index is 1.58. The fraction of sp³-hybridized carbons (Fsp3) is 0.182. The van der Waals surface area contributed by atoms with Crippen molar-refractivity contribution in [1.29, 1.82) is 0 Å². The van der Waals surface area contributed by atoms with Gasteiger partial charge in [-0.1, -0.05) is 18.5 Å². The second-order valence-electron chi connectivity index (χ2n) is 7.71. The van der Waals surface area contributed by atoms with E-state index in [1.165, 1.54) is 48.7 Å². The molecule has 0 aliphatic carbocycles. The van der Waals surface area contributed by atoms with E-state index in [0.29, 0.717) is 29.0 Å². The highest BCUT2D eigenvalue weighted by molar-refractivity contribution is 7.92. The number of nitrogens with zero attached hydrogens (tertiary/aromatic N) is 5. The molecule has 14 heteroatoms. The molecule has 0 aliphatic rings. The van der Waals surface area contributed by atoms with Crippen LogP contribution in [0, 0.1) is 12.1 Å². The highest BCUT2D eigenvalue weighted by Crippen LogP contribution is 2.22. The lowest BCUT2D eigenvalue weighted by atomic mass is 10.2. The molecule has 4 rings (SSSR count). The lowest BCUT2D eigenvalue weighted by Crippen LogP contribution is -2.30. The topological polar surface area (TPSA) is 179 Å². The molecular weight excluding hydrogens is 490 g/mol. The van der Waals surface area contributed by atoms with Crippen LogP contribution in [0.2, 0.25) is 0 Å². The third-order valence-corrected chi connectivity index (χ3v) is 6.31. The lowest BCUT2D eigenvalue weighted by molar-refractivity contribution is -0.605. The van der Waals surface area contributed by atoms with E-state index in [9.17, 15) is 23.2 Å². The molecule has 36 heavy (non-hydrogen) atoms. The molecule has 2 N–H and O–H groups in total. The molecule has 0 radical (unpaired) electrons. The minimum atomic E-state index is -3.90. The van der Waals surface area contributed by atoms with Crippen LogP contribution in [0.25, 0.3) is 0 Å². The van der Waals surface area contributed by atoms with Crippen LogP contribution in [0.3, 0.4) is 0 Å². The van der Waals surface area contributed by atoms with Crippen LogP contribution in [-0.2, 0) is 16.4 Å². The Morgan fingerprint density at radius 3 is 2.64 bits per heavy atom. The van der Waals surface area contributed by atoms with Crippen LogP contribution in [-0.4, -0.2) is 29.3 Å². The van der Waals surface area contributed by atoms with Crippen LogP contribution in [0.5, 0.6) is 0 Å². The standard InChI is InChI=1S/C22H21N7O6S/c1-3-5-18-20(22(31)29(25-18)21(30)15-6-4-11-28(32)13-15)24-23-16-7-9-17(10-8-16)36(33,34)27-19-12-14(2)35-26-19/h4,6-13,25H,3,5H2,1-2H3,(H,26,27). The fourth-order valence-corrected chi connectivity index (χ4v) is 4.25. The number of sulfonamides is 1. The summed E-state index contributed by atoms with van der Waals surface area (Å²) in [6.45, 7) is 3.53. The van der Waals surface area contributed by atoms with Crippen LogP contribution in [0.4, 0.5) is 17.2 Å². The summed E-state index contributed by atoms with van der Waals surface area (Å²) in [5.41, 5.74) is -0.0799. The second-order valence-corrected chi connectivity index (χ2v) is 9.39. The number of benzene rings is 1. The fourth-order valence-electron chi connectivity index (χ4n) is 3.27. The minimum Gasteiger partial charge on any atom is -0.619 e. The first-order valence-electron chi connectivity index (χ1n) is 10.7. The summed E-state index contributed by atoms with van der Waals surface area (Å²) < 4.78 is 33.4. The molecule has 186 valence electrons. The second kappa shape index (κ2) is 9.95. The van der Waals surface area contributed by atoms with Crippen LogP contribution >= 0.6 is 0 Å². The Bertz CT molecular complexity index is 1600. The Hall–Kier alpha value is -4.59. The van der Waals surface area contributed by atoms with Gasteiger partial charge in [-0.15, -0.1) is 5.11 Å². The number of hydrogen-bond donors (Lipinski definition) is 2. The highest BCUT2D eigenvalue weighted by Gasteiger charge is 2.21. The number of azo groups is 1. The summed E-state index contributed by atoms with van der Waals surface area (Å²) in [4.78, 5) is 25.6. The van der Waals surface area contributed by atoms with Crippen molar-refractivity contribution in [2.75, 3.05) is 4.72 Å². The Morgan fingerprint density at radius 2 is 2.00 bits per heavy atom. The molecule has 0 unspecified atom stereocenters. The van der Waals surface area contributed by atoms with E-state index >= 15 is 0 Å². The van der Waals surface area contributed by atoms with Gasteiger partial charge in [0.05, 0.1) is 16.3 Å². The van der Waals surface area contributed by atoms with Gasteiger partial charge in [-0.3, -0.25) is 19.4 Å². The van der Waals surface area contributed by atoms with Crippen molar-refractivity contribution in [2.24, 2.45) is 10.2 Å². The largest absolute Gasteiger partial charge is 0.619 e. The van der Waals surface area contributed by atoms with Crippen molar-refractivity contribution >= 4 is 33.1 Å². The zero-order chi connectivity index (χ0) is 25.9. The quantitative estimate of drug-likeness (QED) is 0.207. The maximum atomic E-state index is 12.9. The van der Waals surface area contributed by atoms with Gasteiger partial charge in [0.1, 0.15) is 11.3 Å². The molecule has 0 saturated heterocycles. The first kappa shape index (κ1) is 24.5. The van der Waals surface area contributed by atoms with Gasteiger partial charge in [0.25, 0.3) is 15.9 Å². The van der Waals surface area contributed by atoms with E-state index in [1.807, 2.05) is 6.92 Å². The number of nitrogens with one attached hydrogen (secondary N) is 2. The molecule has 0 fully saturated rings. The van der Waals surface area contributed by atoms with E-state index in [-0.39, 0.29) is 27.7 Å². The predicted molar refractivity (Wildman–Crippen MR) is 127 cm³/mol. The van der Waals surface area contributed by atoms with Crippen LogP contribution in [0.15, 0.2) is 79.3 Å². The molecule has 3 aromatic heterocycles. The number of anilines is 1. The monoisotopic (exact) mass is 511 g/mol. The summed E-state index contributed by atoms with van der Waals surface area (Å²) in [6, 6.07) is 9.73. The average Bonchev–Trinajstić information content (AvgIpc) is 3.39. The van der Waals surface area contributed by atoms with Crippen molar-refractivity contribution < 1.29 is 22.5 Å². The summed E-state index contributed by atoms with van der Waals surface area (Å²) in [7, 11) is -3.90. The van der Waals surface area contributed by atoms with Gasteiger partial charge in [-0.2, -0.15) is 14.5 Å². The third-order valence-electron chi connectivity index (χ3n) is 4.94. The number of pyridine rings is 1. The molecule has 0 amide bonds. The minimum absolute atomic E-state index is 0.0218. The molecule has 3 heterocycles. The Morgan fingerprint density at radius 1 is 1.25 bits per heavy atom. The summed E-state index contributed by atoms with van der Waals surface area (Å²) in [6.07, 6.45) is 3.36. The Labute approximate surface area is 204 Å². The average molecular weight is 512 g/mol. The molecule has 4 aromatic rings. The van der Waals surface area contributed by atoms with Gasteiger partial charge in [0.15, 0.2) is 23.9 Å². The zero-order valence-electron chi connectivity index (χ0n) is 19.2. The number of carbonyl (C=O) groups is 1. The van der Waals surface area contributed by atoms with Crippen molar-refractivity contribution in [3.63, 3.8) is 0 Å². The van der Waals surface area contributed by atoms with Gasteiger partial charge in [0.2, 0.25) is 0 Å². The number of H-pyrrole nitrogens is 1. The molecule has 0 aliphatic heterocycles. The van der Waals surface area contributed by atoms with E-state index in [2.05, 4.69) is 25.2 Å². The molecule has 0 bridgehead atoms. The molecule has 1 aromatic carbocycles. The number of aromatic nitrogens is 4. The highest BCUT2D eigenvalue weighted by atomic mass is 32.2. The molecular formula is C22H21N7O6S. The zero-order valence-corrected chi connectivity index (χ0v) is 20.0. The summed E-state index contributed by atoms with van der Waals surface area (Å²) in [5, 5.41) is 25.9. The van der Waals surface area contributed by atoms with Crippen molar-refractivity contribution in [1.82, 2.24) is 14.9 Å². The predicted octanol–water partition coefficient (Wildman–Crippen LogP) is 2.96. The molecule has 0 saturated carbocycles. The summed E-state index contributed by atoms with van der Waals surface area (Å²) in [5.74, 6) is -0.207. The van der Waals surface area contributed by atoms with Crippen LogP contribution in [0.1, 0.15) is 35.2 Å². The van der Waals surface area contributed by atoms with Crippen LogP contribution < -0.4 is 15.0 Å². The van der Waals surface area contributed by atoms with E-state index < -0.39 is 21.5 Å². The van der Waals surface area contributed by atoms with Gasteiger partial charge in [-0.25, -0.2) is 8.42 Å². The van der Waals surface area contributed by atoms with Gasteiger partial charge in [0, 0.05) is 12.1 Å². The number of rotatable bonds is 8. The maximum absolute atomic E-state index is 12.9. The van der Waals surface area contributed by atoms with E-state index in [4.69, 9.17) is 4.52 Å². The molecule has 0 spiro atoms. The smallest absolute Gasteiger partial charge is 0.302 e. The first-order chi connectivity index (χ1) is 17.2. The van der Waals surface area contributed by atoms with E-state index in [0.717, 1.165) is 10.9 Å². The van der Waals surface area contributed by atoms with Gasteiger partial charge < -0.3 is 9.73 Å². The van der Waals surface area contributed by atoms with Gasteiger partial charge >= 0.3 is 5.56 Å². The first-order valence-corrected chi connectivity index (χ1v) is 12.2. The number of carbonyl (C=O) groups excluding carboxylic acids is 1. The van der Waals surface area contributed by atoms with Crippen molar-refractivity contribution in [3.05, 3.63) is 87.4 Å². The number of hydrogen-bond acceptors (Lipinski definition) is 9.